The molecule has 9 heteroatoms. The Morgan fingerprint density at radius 2 is 2.09 bits per heavy atom. The summed E-state index contributed by atoms with van der Waals surface area (Å²) in [5.74, 6) is 0.603. The molecular weight excluding hydrogens is 418 g/mol. The fraction of sp³-hybridized carbons (Fsp3) is 0.292. The quantitative estimate of drug-likeness (QED) is 0.470. The molecule has 1 amide bonds. The summed E-state index contributed by atoms with van der Waals surface area (Å²) in [5.41, 5.74) is 13.8. The Labute approximate surface area is 191 Å². The third kappa shape index (κ3) is 4.83. The van der Waals surface area contributed by atoms with E-state index in [0.717, 1.165) is 22.9 Å². The summed E-state index contributed by atoms with van der Waals surface area (Å²) < 4.78 is 0. The van der Waals surface area contributed by atoms with Crippen LogP contribution >= 0.6 is 0 Å². The summed E-state index contributed by atoms with van der Waals surface area (Å²) in [6.07, 6.45) is 7.74. The van der Waals surface area contributed by atoms with E-state index in [1.807, 2.05) is 30.0 Å². The van der Waals surface area contributed by atoms with Crippen LogP contribution in [0.4, 0.5) is 11.6 Å². The minimum Gasteiger partial charge on any atom is -0.384 e. The van der Waals surface area contributed by atoms with Crippen LogP contribution in [0.5, 0.6) is 0 Å². The minimum atomic E-state index is -0.647. The van der Waals surface area contributed by atoms with Gasteiger partial charge in [0.2, 0.25) is 5.91 Å². The number of hydrogen-bond acceptors (Lipinski definition) is 8. The number of rotatable bonds is 7. The molecule has 2 aromatic heterocycles. The number of hydrogen-bond donors (Lipinski definition) is 3. The maximum atomic E-state index is 13.6. The van der Waals surface area contributed by atoms with Gasteiger partial charge in [0.1, 0.15) is 18.0 Å². The number of carbonyl (C=O) groups is 2. The maximum Gasteiger partial charge on any atom is 0.237 e. The molecule has 33 heavy (non-hydrogen) atoms. The molecule has 0 saturated carbocycles. The molecular formula is C24H27N7O2. The number of fused-ring (bicyclic) bond motifs is 1. The van der Waals surface area contributed by atoms with Crippen LogP contribution in [0, 0.1) is 0 Å². The lowest BCUT2D eigenvalue weighted by Crippen LogP contribution is -2.57. The van der Waals surface area contributed by atoms with E-state index in [4.69, 9.17) is 11.5 Å². The molecule has 3 heterocycles. The molecule has 0 aliphatic carbocycles. The molecule has 170 valence electrons. The zero-order valence-corrected chi connectivity index (χ0v) is 18.4. The fourth-order valence-corrected chi connectivity index (χ4v) is 4.18. The number of piperazine rings is 1. The Hall–Kier alpha value is -3.85. The van der Waals surface area contributed by atoms with Gasteiger partial charge in [-0.2, -0.15) is 0 Å². The van der Waals surface area contributed by atoms with Gasteiger partial charge < -0.3 is 16.8 Å². The number of anilines is 2. The van der Waals surface area contributed by atoms with Crippen molar-refractivity contribution in [2.24, 2.45) is 0 Å². The van der Waals surface area contributed by atoms with Crippen molar-refractivity contribution in [3.05, 3.63) is 60.1 Å². The second-order valence-corrected chi connectivity index (χ2v) is 8.02. The van der Waals surface area contributed by atoms with Crippen molar-refractivity contribution in [1.82, 2.24) is 25.2 Å². The molecule has 3 aromatic rings. The highest BCUT2D eigenvalue weighted by Crippen LogP contribution is 2.30. The summed E-state index contributed by atoms with van der Waals surface area (Å²) >= 11 is 0. The van der Waals surface area contributed by atoms with Gasteiger partial charge in [0.25, 0.3) is 0 Å². The Morgan fingerprint density at radius 3 is 2.85 bits per heavy atom. The Kier molecular flexibility index (Phi) is 6.60. The van der Waals surface area contributed by atoms with Gasteiger partial charge in [0.05, 0.1) is 17.6 Å². The first kappa shape index (κ1) is 22.3. The van der Waals surface area contributed by atoms with Crippen molar-refractivity contribution < 1.29 is 9.59 Å². The van der Waals surface area contributed by atoms with Crippen molar-refractivity contribution in [1.29, 1.82) is 0 Å². The number of carbonyl (C=O) groups excluding carboxylic acids is 2. The third-order valence-electron chi connectivity index (χ3n) is 5.79. The predicted molar refractivity (Wildman–Crippen MR) is 128 cm³/mol. The van der Waals surface area contributed by atoms with Gasteiger partial charge in [-0.1, -0.05) is 19.4 Å². The molecule has 1 saturated heterocycles. The van der Waals surface area contributed by atoms with Crippen LogP contribution in [0.2, 0.25) is 0 Å². The molecule has 0 radical (unpaired) electrons. The zero-order chi connectivity index (χ0) is 23.4. The molecule has 0 bridgehead atoms. The average molecular weight is 446 g/mol. The van der Waals surface area contributed by atoms with Crippen LogP contribution in [0.3, 0.4) is 0 Å². The van der Waals surface area contributed by atoms with Gasteiger partial charge in [-0.05, 0) is 54.0 Å². The predicted octanol–water partition coefficient (Wildman–Crippen LogP) is 2.11. The number of aromatic nitrogens is 3. The summed E-state index contributed by atoms with van der Waals surface area (Å²) in [6.45, 7) is 3.08. The number of amides is 1. The largest absolute Gasteiger partial charge is 0.384 e. The molecule has 1 aliphatic heterocycles. The first-order chi connectivity index (χ1) is 16.0. The van der Waals surface area contributed by atoms with Crippen molar-refractivity contribution in [3.8, 4) is 0 Å². The second-order valence-electron chi connectivity index (χ2n) is 8.02. The minimum absolute atomic E-state index is 0.0556. The van der Waals surface area contributed by atoms with Gasteiger partial charge >= 0.3 is 0 Å². The highest BCUT2D eigenvalue weighted by atomic mass is 16.2. The molecule has 1 aromatic carbocycles. The van der Waals surface area contributed by atoms with Crippen LogP contribution in [0.1, 0.15) is 36.9 Å². The van der Waals surface area contributed by atoms with Gasteiger partial charge in [-0.3, -0.25) is 14.5 Å². The summed E-state index contributed by atoms with van der Waals surface area (Å²) in [4.78, 5) is 40.7. The molecule has 4 rings (SSSR count). The van der Waals surface area contributed by atoms with E-state index in [1.165, 1.54) is 12.4 Å². The van der Waals surface area contributed by atoms with E-state index in [9.17, 15) is 9.59 Å². The summed E-state index contributed by atoms with van der Waals surface area (Å²) in [5, 5.41) is 3.65. The van der Waals surface area contributed by atoms with Gasteiger partial charge in [-0.25, -0.2) is 15.0 Å². The molecule has 9 nitrogen and oxygen atoms in total. The molecule has 0 spiro atoms. The number of nitrogens with two attached hydrogens (primary N) is 2. The van der Waals surface area contributed by atoms with E-state index < -0.39 is 12.1 Å². The van der Waals surface area contributed by atoms with Crippen molar-refractivity contribution >= 4 is 40.3 Å². The van der Waals surface area contributed by atoms with Crippen molar-refractivity contribution in [3.63, 3.8) is 0 Å². The highest BCUT2D eigenvalue weighted by Gasteiger charge is 2.37. The van der Waals surface area contributed by atoms with E-state index in [1.54, 1.807) is 24.4 Å². The van der Waals surface area contributed by atoms with Gasteiger partial charge in [0.15, 0.2) is 5.78 Å². The number of ketones is 1. The zero-order valence-electron chi connectivity index (χ0n) is 18.4. The van der Waals surface area contributed by atoms with Crippen LogP contribution in [0.15, 0.2) is 48.9 Å². The number of pyridine rings is 1. The number of nitrogen functional groups attached to an aromatic ring is 2. The van der Waals surface area contributed by atoms with Crippen LogP contribution < -0.4 is 16.8 Å². The SMILES string of the molecule is CCC[C@H]1C(=O)NCCN1C(C(=O)C=Cc1ccc(N)nc1)c1ccc2c(N)ncnc2c1. The lowest BCUT2D eigenvalue weighted by Gasteiger charge is -2.39. The van der Waals surface area contributed by atoms with Crippen molar-refractivity contribution in [2.75, 3.05) is 24.6 Å². The van der Waals surface area contributed by atoms with Crippen LogP contribution in [-0.2, 0) is 9.59 Å². The molecule has 1 fully saturated rings. The normalized spacial score (nSPS) is 17.8. The standard InChI is InChI=1S/C24H27N7O2/c1-2-3-19-24(33)27-10-11-31(19)22(20(32)8-4-15-5-9-21(25)28-13-15)16-6-7-17-18(12-16)29-14-30-23(17)26/h4-9,12-14,19,22H,2-3,10-11H2,1H3,(H2,25,28)(H,27,33)(H2,26,29,30)/t19-,22?/m0/s1. The first-order valence-corrected chi connectivity index (χ1v) is 10.9. The lowest BCUT2D eigenvalue weighted by molar-refractivity contribution is -0.133. The number of nitrogens with zero attached hydrogens (tertiary/aromatic N) is 4. The van der Waals surface area contributed by atoms with E-state index >= 15 is 0 Å². The molecule has 1 unspecified atom stereocenters. The van der Waals surface area contributed by atoms with E-state index in [0.29, 0.717) is 36.7 Å². The average Bonchev–Trinajstić information content (AvgIpc) is 2.81. The highest BCUT2D eigenvalue weighted by molar-refractivity contribution is 5.99. The van der Waals surface area contributed by atoms with Gasteiger partial charge in [-0.15, -0.1) is 0 Å². The molecule has 1 aliphatic rings. The third-order valence-corrected chi connectivity index (χ3v) is 5.79. The van der Waals surface area contributed by atoms with Crippen LogP contribution in [0.25, 0.3) is 17.0 Å². The van der Waals surface area contributed by atoms with Crippen LogP contribution in [-0.4, -0.2) is 50.7 Å². The molecule has 5 N–H and O–H groups in total. The Morgan fingerprint density at radius 1 is 1.24 bits per heavy atom. The Balaban J connectivity index is 1.75. The smallest absolute Gasteiger partial charge is 0.237 e. The fourth-order valence-electron chi connectivity index (χ4n) is 4.18. The second kappa shape index (κ2) is 9.74. The summed E-state index contributed by atoms with van der Waals surface area (Å²) in [6, 6.07) is 7.98. The lowest BCUT2D eigenvalue weighted by atomic mass is 9.94. The monoisotopic (exact) mass is 445 g/mol. The Bertz CT molecular complexity index is 1190. The topological polar surface area (TPSA) is 140 Å². The maximum absolute atomic E-state index is 13.6. The van der Waals surface area contributed by atoms with E-state index in [-0.39, 0.29) is 11.7 Å². The summed E-state index contributed by atoms with van der Waals surface area (Å²) in [7, 11) is 0. The number of benzene rings is 1. The van der Waals surface area contributed by atoms with Gasteiger partial charge in [0, 0.05) is 24.7 Å². The molecule has 2 atom stereocenters. The van der Waals surface area contributed by atoms with Crippen molar-refractivity contribution in [2.45, 2.75) is 31.8 Å². The number of nitrogens with one attached hydrogen (secondary N) is 1. The first-order valence-electron chi connectivity index (χ1n) is 10.9. The van der Waals surface area contributed by atoms with E-state index in [2.05, 4.69) is 20.3 Å².